The number of hydrogen-bond acceptors (Lipinski definition) is 10. The molecule has 0 bridgehead atoms. The van der Waals surface area contributed by atoms with E-state index in [0.29, 0.717) is 55.1 Å². The lowest BCUT2D eigenvalue weighted by molar-refractivity contribution is 0.0707. The minimum absolute atomic E-state index is 0.0746. The number of benzene rings is 1. The van der Waals surface area contributed by atoms with Crippen LogP contribution in [0.15, 0.2) is 35.1 Å². The highest BCUT2D eigenvalue weighted by Gasteiger charge is 2.35. The molecule has 40 heavy (non-hydrogen) atoms. The number of nitrogens with zero attached hydrogens (tertiary/aromatic N) is 7. The summed E-state index contributed by atoms with van der Waals surface area (Å²) in [7, 11) is 1.82. The monoisotopic (exact) mass is 550 g/mol. The Labute approximate surface area is 232 Å². The van der Waals surface area contributed by atoms with Gasteiger partial charge in [0, 0.05) is 70.2 Å². The molecule has 3 aliphatic rings. The summed E-state index contributed by atoms with van der Waals surface area (Å²) in [5, 5.41) is 4.10. The van der Waals surface area contributed by atoms with E-state index < -0.39 is 0 Å². The first kappa shape index (κ1) is 26.6. The molecule has 0 aliphatic carbocycles. The maximum atomic E-state index is 14.5. The van der Waals surface area contributed by atoms with Gasteiger partial charge in [-0.2, -0.15) is 4.98 Å². The van der Waals surface area contributed by atoms with Crippen LogP contribution < -0.4 is 15.5 Å². The Morgan fingerprint density at radius 3 is 2.62 bits per heavy atom. The van der Waals surface area contributed by atoms with Gasteiger partial charge in [0.25, 0.3) is 5.91 Å². The van der Waals surface area contributed by atoms with Crippen molar-refractivity contribution in [2.45, 2.75) is 56.7 Å². The van der Waals surface area contributed by atoms with E-state index in [9.17, 15) is 9.18 Å². The number of rotatable bonds is 6. The molecule has 1 aromatic carbocycles. The molecule has 5 heterocycles. The molecule has 6 rings (SSSR count). The van der Waals surface area contributed by atoms with Crippen LogP contribution in [0.4, 0.5) is 16.4 Å². The highest BCUT2D eigenvalue weighted by atomic mass is 19.1. The van der Waals surface area contributed by atoms with Crippen molar-refractivity contribution in [2.75, 3.05) is 49.6 Å². The molecule has 3 aliphatic heterocycles. The molecular formula is C28H35FN8O3. The molecule has 11 nitrogen and oxygen atoms in total. The van der Waals surface area contributed by atoms with Gasteiger partial charge >= 0.3 is 6.01 Å². The minimum atomic E-state index is -0.246. The van der Waals surface area contributed by atoms with Crippen LogP contribution >= 0.6 is 0 Å². The van der Waals surface area contributed by atoms with E-state index in [-0.39, 0.29) is 35.8 Å². The fraction of sp³-hybridized carbons (Fsp3) is 0.536. The molecule has 2 N–H and O–H groups in total. The summed E-state index contributed by atoms with van der Waals surface area (Å²) in [6.45, 7) is 5.12. The third-order valence-corrected chi connectivity index (χ3v) is 8.34. The number of amides is 1. The number of ether oxygens (including phenoxy) is 1. The Balaban J connectivity index is 1.04. The second kappa shape index (κ2) is 11.1. The number of carbonyl (C=O) groups excluding carboxylic acids is 1. The zero-order valence-electron chi connectivity index (χ0n) is 22.9. The quantitative estimate of drug-likeness (QED) is 0.489. The largest absolute Gasteiger partial charge is 0.370 e. The van der Waals surface area contributed by atoms with Crippen molar-refractivity contribution in [3.63, 3.8) is 0 Å². The van der Waals surface area contributed by atoms with Gasteiger partial charge in [0.05, 0.1) is 5.56 Å². The predicted octanol–water partition coefficient (Wildman–Crippen LogP) is 2.83. The summed E-state index contributed by atoms with van der Waals surface area (Å²) in [4.78, 5) is 32.5. The molecule has 2 aromatic heterocycles. The predicted molar refractivity (Wildman–Crippen MR) is 146 cm³/mol. The molecule has 0 radical (unpaired) electrons. The minimum Gasteiger partial charge on any atom is -0.370 e. The number of aryl methyl sites for hydroxylation is 1. The normalized spacial score (nSPS) is 23.6. The number of hydrogen-bond donors (Lipinski definition) is 1. The average molecular weight is 551 g/mol. The average Bonchev–Trinajstić information content (AvgIpc) is 3.75. The van der Waals surface area contributed by atoms with E-state index >= 15 is 0 Å². The van der Waals surface area contributed by atoms with Gasteiger partial charge in [0.15, 0.2) is 0 Å². The lowest BCUT2D eigenvalue weighted by atomic mass is 9.93. The van der Waals surface area contributed by atoms with Crippen LogP contribution in [0, 0.1) is 12.7 Å². The highest BCUT2D eigenvalue weighted by Crippen LogP contribution is 2.31. The highest BCUT2D eigenvalue weighted by molar-refractivity contribution is 5.93. The summed E-state index contributed by atoms with van der Waals surface area (Å²) in [6.07, 6.45) is 6.53. The van der Waals surface area contributed by atoms with E-state index in [1.54, 1.807) is 23.4 Å². The van der Waals surface area contributed by atoms with Gasteiger partial charge in [-0.1, -0.05) is 22.9 Å². The van der Waals surface area contributed by atoms with E-state index in [4.69, 9.17) is 15.0 Å². The summed E-state index contributed by atoms with van der Waals surface area (Å²) in [5.74, 6) is 0.571. The number of anilines is 2. The van der Waals surface area contributed by atoms with Crippen molar-refractivity contribution in [2.24, 2.45) is 5.73 Å². The van der Waals surface area contributed by atoms with Gasteiger partial charge in [-0.05, 0) is 44.2 Å². The number of piperidine rings is 1. The van der Waals surface area contributed by atoms with Crippen molar-refractivity contribution in [3.8, 4) is 0 Å². The van der Waals surface area contributed by atoms with E-state index in [1.807, 2.05) is 24.9 Å². The Morgan fingerprint density at radius 2 is 1.90 bits per heavy atom. The number of nitrogens with two attached hydrogens (primary N) is 1. The lowest BCUT2D eigenvalue weighted by Gasteiger charge is -2.35. The molecule has 1 amide bonds. The van der Waals surface area contributed by atoms with Crippen molar-refractivity contribution in [1.82, 2.24) is 25.0 Å². The summed E-state index contributed by atoms with van der Waals surface area (Å²) >= 11 is 0. The molecule has 212 valence electrons. The molecule has 3 aromatic rings. The molecule has 3 saturated heterocycles. The zero-order chi connectivity index (χ0) is 27.8. The lowest BCUT2D eigenvalue weighted by Crippen LogP contribution is -2.45. The van der Waals surface area contributed by atoms with Crippen LogP contribution in [0.3, 0.4) is 0 Å². The third-order valence-electron chi connectivity index (χ3n) is 8.34. The fourth-order valence-electron chi connectivity index (χ4n) is 5.94. The number of aromatic nitrogens is 4. The van der Waals surface area contributed by atoms with Gasteiger partial charge in [-0.25, -0.2) is 14.4 Å². The van der Waals surface area contributed by atoms with Crippen LogP contribution in [0.1, 0.15) is 65.0 Å². The summed E-state index contributed by atoms with van der Waals surface area (Å²) in [6, 6.07) is 5.45. The van der Waals surface area contributed by atoms with Gasteiger partial charge in [0.1, 0.15) is 11.9 Å². The number of carbonyl (C=O) groups is 1. The van der Waals surface area contributed by atoms with Gasteiger partial charge in [-0.15, -0.1) is 0 Å². The molecule has 0 saturated carbocycles. The molecule has 3 atom stereocenters. The maximum Gasteiger partial charge on any atom is 0.324 e. The Morgan fingerprint density at radius 1 is 1.12 bits per heavy atom. The second-order valence-corrected chi connectivity index (χ2v) is 11.0. The Kier molecular flexibility index (Phi) is 7.37. The summed E-state index contributed by atoms with van der Waals surface area (Å²) in [5.41, 5.74) is 8.43. The number of halogens is 1. The SMILES string of the molecule is Cc1ccc(F)c(C2CN(c3ncc(C(=O)N(C)C4CCN(c5nc(C6CCCO6)no5)CC4)cn3)CC2N)c1. The first-order valence-corrected chi connectivity index (χ1v) is 13.9. The van der Waals surface area contributed by atoms with Crippen molar-refractivity contribution < 1.29 is 18.4 Å². The smallest absolute Gasteiger partial charge is 0.324 e. The van der Waals surface area contributed by atoms with Gasteiger partial charge < -0.3 is 29.7 Å². The topological polar surface area (TPSA) is 127 Å². The standard InChI is InChI=1S/C28H35FN8O3/c1-17-5-6-22(29)20(12-17)21-15-37(16-23(21)30)27-31-13-18(14-32-27)26(38)35(2)19-7-9-36(10-8-19)28-33-25(34-40-28)24-4-3-11-39-24/h5-6,12-14,19,21,23-24H,3-4,7-11,15-16,30H2,1-2H3. The first-order chi connectivity index (χ1) is 19.4. The second-order valence-electron chi connectivity index (χ2n) is 11.0. The maximum absolute atomic E-state index is 14.5. The van der Waals surface area contributed by atoms with Crippen LogP contribution in [-0.2, 0) is 4.74 Å². The Bertz CT molecular complexity index is 1340. The molecular weight excluding hydrogens is 515 g/mol. The van der Waals surface area contributed by atoms with E-state index in [1.165, 1.54) is 6.07 Å². The summed E-state index contributed by atoms with van der Waals surface area (Å²) < 4.78 is 25.6. The van der Waals surface area contributed by atoms with Gasteiger partial charge in [0.2, 0.25) is 11.8 Å². The molecule has 0 spiro atoms. The van der Waals surface area contributed by atoms with Gasteiger partial charge in [-0.3, -0.25) is 4.79 Å². The van der Waals surface area contributed by atoms with Crippen molar-refractivity contribution in [3.05, 3.63) is 58.9 Å². The molecule has 3 fully saturated rings. The zero-order valence-corrected chi connectivity index (χ0v) is 22.9. The van der Waals surface area contributed by atoms with E-state index in [0.717, 1.165) is 37.9 Å². The van der Waals surface area contributed by atoms with Crippen LogP contribution in [0.2, 0.25) is 0 Å². The molecule has 3 unspecified atom stereocenters. The third kappa shape index (κ3) is 5.25. The van der Waals surface area contributed by atoms with Crippen LogP contribution in [-0.4, -0.2) is 82.8 Å². The van der Waals surface area contributed by atoms with Crippen molar-refractivity contribution >= 4 is 17.9 Å². The van der Waals surface area contributed by atoms with Crippen molar-refractivity contribution in [1.29, 1.82) is 0 Å². The van der Waals surface area contributed by atoms with Crippen LogP contribution in [0.25, 0.3) is 0 Å². The molecule has 12 heteroatoms. The van der Waals surface area contributed by atoms with Crippen LogP contribution in [0.5, 0.6) is 0 Å². The Hall–Kier alpha value is -3.64. The van der Waals surface area contributed by atoms with E-state index in [2.05, 4.69) is 25.0 Å². The fourth-order valence-corrected chi connectivity index (χ4v) is 5.94. The first-order valence-electron chi connectivity index (χ1n) is 13.9.